The fourth-order valence-corrected chi connectivity index (χ4v) is 4.68. The molecule has 0 unspecified atom stereocenters. The molecule has 1 saturated heterocycles. The predicted octanol–water partition coefficient (Wildman–Crippen LogP) is 4.11. The maximum atomic E-state index is 13.6. The second kappa shape index (κ2) is 8.27. The molecule has 166 valence electrons. The van der Waals surface area contributed by atoms with Crippen LogP contribution in [0.4, 0.5) is 14.6 Å². The molecule has 0 saturated carbocycles. The monoisotopic (exact) mass is 504 g/mol. The number of alkyl halides is 2. The normalized spacial score (nSPS) is 19.1. The van der Waals surface area contributed by atoms with Gasteiger partial charge in [-0.1, -0.05) is 0 Å². The van der Waals surface area contributed by atoms with Crippen molar-refractivity contribution in [3.05, 3.63) is 38.2 Å². The first-order valence-electron chi connectivity index (χ1n) is 9.83. The summed E-state index contributed by atoms with van der Waals surface area (Å²) in [5, 5.41) is 0. The van der Waals surface area contributed by atoms with Crippen LogP contribution >= 0.6 is 15.9 Å². The van der Waals surface area contributed by atoms with Gasteiger partial charge in [0.1, 0.15) is 10.1 Å². The molecule has 10 heteroatoms. The van der Waals surface area contributed by atoms with E-state index < -0.39 is 21.7 Å². The fourth-order valence-electron chi connectivity index (χ4n) is 3.35. The van der Waals surface area contributed by atoms with Crippen LogP contribution in [0, 0.1) is 6.92 Å². The van der Waals surface area contributed by atoms with Crippen LogP contribution in [-0.4, -0.2) is 37.4 Å². The molecule has 1 fully saturated rings. The number of nitrogens with zero attached hydrogens (tertiary/aromatic N) is 3. The largest absolute Gasteiger partial charge is 0.355 e. The van der Waals surface area contributed by atoms with E-state index in [0.717, 1.165) is 11.1 Å². The second-order valence-electron chi connectivity index (χ2n) is 8.78. The minimum Gasteiger partial charge on any atom is -0.355 e. The van der Waals surface area contributed by atoms with Gasteiger partial charge in [-0.3, -0.25) is 9.20 Å². The van der Waals surface area contributed by atoms with Crippen molar-refractivity contribution in [2.45, 2.75) is 64.2 Å². The van der Waals surface area contributed by atoms with Gasteiger partial charge in [0.25, 0.3) is 11.5 Å². The Labute approximate surface area is 185 Å². The van der Waals surface area contributed by atoms with Gasteiger partial charge >= 0.3 is 0 Å². The Bertz CT molecular complexity index is 1040. The first-order chi connectivity index (χ1) is 13.8. The first-order valence-corrected chi connectivity index (χ1v) is 11.8. The molecular weight excluding hydrogens is 478 g/mol. The van der Waals surface area contributed by atoms with E-state index in [0.29, 0.717) is 11.5 Å². The Hall–Kier alpha value is -1.39. The topological polar surface area (TPSA) is 66.7 Å². The molecule has 0 amide bonds. The van der Waals surface area contributed by atoms with E-state index in [4.69, 9.17) is 4.98 Å². The van der Waals surface area contributed by atoms with Crippen LogP contribution < -0.4 is 15.2 Å². The molecule has 30 heavy (non-hydrogen) atoms. The average molecular weight is 505 g/mol. The number of pyridine rings is 1. The molecule has 1 N–H and O–H groups in total. The summed E-state index contributed by atoms with van der Waals surface area (Å²) in [5.74, 6) is -2.32. The summed E-state index contributed by atoms with van der Waals surface area (Å²) in [6.45, 7) is 9.61. The lowest BCUT2D eigenvalue weighted by Gasteiger charge is -2.33. The van der Waals surface area contributed by atoms with E-state index >= 15 is 0 Å². The summed E-state index contributed by atoms with van der Waals surface area (Å²) in [6, 6.07) is 1.56. The predicted molar refractivity (Wildman–Crippen MR) is 120 cm³/mol. The van der Waals surface area contributed by atoms with Gasteiger partial charge in [-0.2, -0.15) is 0 Å². The third-order valence-corrected chi connectivity index (χ3v) is 7.49. The zero-order valence-electron chi connectivity index (χ0n) is 17.8. The molecule has 1 aliphatic heterocycles. The molecule has 0 aromatic carbocycles. The summed E-state index contributed by atoms with van der Waals surface area (Å²) in [5.41, 5.74) is 1.70. The quantitative estimate of drug-likeness (QED) is 0.680. The fraction of sp³-hybridized carbons (Fsp3) is 0.600. The van der Waals surface area contributed by atoms with E-state index in [1.54, 1.807) is 11.1 Å². The number of halogens is 3. The number of rotatable bonds is 4. The zero-order valence-corrected chi connectivity index (χ0v) is 20.2. The molecule has 3 rings (SSSR count). The third-order valence-electron chi connectivity index (χ3n) is 5.12. The number of nitrogens with one attached hydrogen (secondary N) is 1. The molecule has 2 aromatic rings. The highest BCUT2D eigenvalue weighted by Crippen LogP contribution is 2.32. The Balaban J connectivity index is 2.09. The SMILES string of the molecule is Cc1cc([C@@H](C)N[S@](=O)C(C)(C)C)c2nc(N3CCC(F)(F)CC3)c(Br)c(=O)n2c1. The highest BCUT2D eigenvalue weighted by atomic mass is 79.9. The Morgan fingerprint density at radius 2 is 1.90 bits per heavy atom. The second-order valence-corrected chi connectivity index (χ2v) is 11.6. The van der Waals surface area contributed by atoms with Crippen molar-refractivity contribution in [2.75, 3.05) is 18.0 Å². The molecule has 0 spiro atoms. The molecule has 2 atom stereocenters. The van der Waals surface area contributed by atoms with Crippen molar-refractivity contribution < 1.29 is 13.0 Å². The summed E-state index contributed by atoms with van der Waals surface area (Å²) in [7, 11) is -1.31. The molecule has 6 nitrogen and oxygen atoms in total. The van der Waals surface area contributed by atoms with Crippen molar-refractivity contribution in [2.24, 2.45) is 0 Å². The lowest BCUT2D eigenvalue weighted by Crippen LogP contribution is -2.41. The Kier molecular flexibility index (Phi) is 6.42. The maximum absolute atomic E-state index is 13.6. The molecule has 0 bridgehead atoms. The van der Waals surface area contributed by atoms with Gasteiger partial charge < -0.3 is 4.90 Å². The summed E-state index contributed by atoms with van der Waals surface area (Å²) in [4.78, 5) is 19.5. The lowest BCUT2D eigenvalue weighted by atomic mass is 10.1. The van der Waals surface area contributed by atoms with Gasteiger partial charge in [-0.15, -0.1) is 0 Å². The smallest absolute Gasteiger partial charge is 0.274 e. The summed E-state index contributed by atoms with van der Waals surface area (Å²) < 4.78 is 44.1. The average Bonchev–Trinajstić information content (AvgIpc) is 2.64. The summed E-state index contributed by atoms with van der Waals surface area (Å²) in [6.07, 6.45) is 1.15. The van der Waals surface area contributed by atoms with E-state index in [-0.39, 0.29) is 42.0 Å². The minimum absolute atomic E-state index is 0.122. The van der Waals surface area contributed by atoms with Crippen LogP contribution in [0.15, 0.2) is 21.5 Å². The van der Waals surface area contributed by atoms with Crippen molar-refractivity contribution in [3.63, 3.8) is 0 Å². The van der Waals surface area contributed by atoms with Crippen LogP contribution in [0.1, 0.15) is 57.7 Å². The molecular formula is C20H27BrF2N4O2S. The van der Waals surface area contributed by atoms with E-state index in [1.807, 2.05) is 40.7 Å². The number of aromatic nitrogens is 2. The van der Waals surface area contributed by atoms with E-state index in [9.17, 15) is 17.8 Å². The van der Waals surface area contributed by atoms with E-state index in [1.165, 1.54) is 4.40 Å². The van der Waals surface area contributed by atoms with Crippen LogP contribution in [0.5, 0.6) is 0 Å². The van der Waals surface area contributed by atoms with Crippen LogP contribution in [0.2, 0.25) is 0 Å². The van der Waals surface area contributed by atoms with Gasteiger partial charge in [0.2, 0.25) is 0 Å². The number of fused-ring (bicyclic) bond motifs is 1. The highest BCUT2D eigenvalue weighted by Gasteiger charge is 2.35. The molecule has 2 aromatic heterocycles. The highest BCUT2D eigenvalue weighted by molar-refractivity contribution is 9.10. The first kappa shape index (κ1) is 23.3. The number of piperidine rings is 1. The third kappa shape index (κ3) is 4.75. The van der Waals surface area contributed by atoms with Crippen molar-refractivity contribution in [1.29, 1.82) is 0 Å². The zero-order chi connectivity index (χ0) is 22.4. The number of anilines is 1. The molecule has 1 aliphatic rings. The molecule has 0 aliphatic carbocycles. The maximum Gasteiger partial charge on any atom is 0.274 e. The number of aryl methyl sites for hydroxylation is 1. The Morgan fingerprint density at radius 1 is 1.30 bits per heavy atom. The standard InChI is InChI=1S/C20H27BrF2N4O2S/c1-12-10-14(13(2)25-30(29)19(3,4)5)16-24-17(15(21)18(28)27(16)11-12)26-8-6-20(22,23)7-9-26/h10-11,13,25H,6-9H2,1-5H3/t13-,30-/m1/s1. The Morgan fingerprint density at radius 3 is 2.47 bits per heavy atom. The van der Waals surface area contributed by atoms with Crippen LogP contribution in [0.3, 0.4) is 0 Å². The van der Waals surface area contributed by atoms with Gasteiger partial charge in [0, 0.05) is 43.7 Å². The summed E-state index contributed by atoms with van der Waals surface area (Å²) >= 11 is 3.33. The van der Waals surface area contributed by atoms with Crippen molar-refractivity contribution in [1.82, 2.24) is 14.1 Å². The van der Waals surface area contributed by atoms with E-state index in [2.05, 4.69) is 20.7 Å². The van der Waals surface area contributed by atoms with Gasteiger partial charge in [-0.05, 0) is 62.2 Å². The van der Waals surface area contributed by atoms with Crippen LogP contribution in [-0.2, 0) is 11.0 Å². The van der Waals surface area contributed by atoms with Crippen molar-refractivity contribution >= 4 is 38.4 Å². The lowest BCUT2D eigenvalue weighted by molar-refractivity contribution is -0.0221. The van der Waals surface area contributed by atoms with Crippen molar-refractivity contribution in [3.8, 4) is 0 Å². The minimum atomic E-state index is -2.69. The van der Waals surface area contributed by atoms with Gasteiger partial charge in [-0.25, -0.2) is 22.7 Å². The number of hydrogen-bond donors (Lipinski definition) is 1. The van der Waals surface area contributed by atoms with Gasteiger partial charge in [0.15, 0.2) is 5.82 Å². The molecule has 3 heterocycles. The number of hydrogen-bond acceptors (Lipinski definition) is 4. The van der Waals surface area contributed by atoms with Crippen LogP contribution in [0.25, 0.3) is 5.65 Å². The molecule has 0 radical (unpaired) electrons. The van der Waals surface area contributed by atoms with Gasteiger partial charge in [0.05, 0.1) is 15.7 Å².